The lowest BCUT2D eigenvalue weighted by Crippen LogP contribution is -2.23. The predicted molar refractivity (Wildman–Crippen MR) is 82.6 cm³/mol. The van der Waals surface area contributed by atoms with E-state index in [1.54, 1.807) is 0 Å². The maximum Gasteiger partial charge on any atom is 0.0433 e. The topological polar surface area (TPSA) is 24.9 Å². The van der Waals surface area contributed by atoms with E-state index in [0.717, 1.165) is 12.3 Å². The van der Waals surface area contributed by atoms with Crippen molar-refractivity contribution < 1.29 is 0 Å². The number of pyridine rings is 1. The molecule has 2 nitrogen and oxygen atoms in total. The van der Waals surface area contributed by atoms with E-state index in [1.807, 2.05) is 24.2 Å². The first-order chi connectivity index (χ1) is 9.31. The summed E-state index contributed by atoms with van der Waals surface area (Å²) in [7, 11) is 0. The van der Waals surface area contributed by atoms with E-state index in [2.05, 4.69) is 60.5 Å². The van der Waals surface area contributed by atoms with E-state index in [4.69, 9.17) is 0 Å². The van der Waals surface area contributed by atoms with Crippen molar-refractivity contribution in [3.63, 3.8) is 0 Å². The van der Waals surface area contributed by atoms with Gasteiger partial charge in [0.15, 0.2) is 0 Å². The van der Waals surface area contributed by atoms with Gasteiger partial charge in [-0.3, -0.25) is 4.98 Å². The van der Waals surface area contributed by atoms with Crippen LogP contribution in [0.15, 0.2) is 53.7 Å². The minimum absolute atomic E-state index is 0.351. The van der Waals surface area contributed by atoms with Gasteiger partial charge in [0.25, 0.3) is 0 Å². The van der Waals surface area contributed by atoms with Gasteiger partial charge in [0.2, 0.25) is 0 Å². The van der Waals surface area contributed by atoms with Gasteiger partial charge in [-0.05, 0) is 42.8 Å². The molecule has 0 aliphatic carbocycles. The van der Waals surface area contributed by atoms with Crippen LogP contribution in [0.4, 0.5) is 0 Å². The van der Waals surface area contributed by atoms with Crippen molar-refractivity contribution in [2.75, 3.05) is 12.3 Å². The second kappa shape index (κ2) is 7.31. The Labute approximate surface area is 119 Å². The molecule has 1 atom stereocenters. The van der Waals surface area contributed by atoms with Crippen LogP contribution in [-0.2, 0) is 0 Å². The number of hydrogen-bond acceptors (Lipinski definition) is 3. The van der Waals surface area contributed by atoms with Gasteiger partial charge in [-0.25, -0.2) is 0 Å². The third-order valence-corrected chi connectivity index (χ3v) is 4.17. The molecule has 0 spiro atoms. The summed E-state index contributed by atoms with van der Waals surface area (Å²) >= 11 is 1.88. The number of rotatable bonds is 6. The van der Waals surface area contributed by atoms with Gasteiger partial charge in [0.1, 0.15) is 0 Å². The van der Waals surface area contributed by atoms with E-state index < -0.39 is 0 Å². The highest BCUT2D eigenvalue weighted by Gasteiger charge is 2.13. The summed E-state index contributed by atoms with van der Waals surface area (Å²) in [5.74, 6) is 1.02. The summed E-state index contributed by atoms with van der Waals surface area (Å²) in [6.07, 6.45) is 3.83. The molecule has 1 N–H and O–H groups in total. The van der Waals surface area contributed by atoms with Crippen LogP contribution in [-0.4, -0.2) is 17.3 Å². The van der Waals surface area contributed by atoms with Gasteiger partial charge in [-0.2, -0.15) is 0 Å². The van der Waals surface area contributed by atoms with Crippen LogP contribution in [0.2, 0.25) is 0 Å². The quantitative estimate of drug-likeness (QED) is 0.809. The largest absolute Gasteiger partial charge is 0.309 e. The molecule has 0 aliphatic rings. The average molecular weight is 272 g/mol. The zero-order valence-electron chi connectivity index (χ0n) is 11.5. The van der Waals surface area contributed by atoms with Crippen LogP contribution in [0, 0.1) is 6.92 Å². The second-order valence-corrected chi connectivity index (χ2v) is 5.56. The van der Waals surface area contributed by atoms with Crippen LogP contribution in [0.5, 0.6) is 0 Å². The van der Waals surface area contributed by atoms with Gasteiger partial charge >= 0.3 is 0 Å². The van der Waals surface area contributed by atoms with Crippen molar-refractivity contribution >= 4 is 11.8 Å². The fourth-order valence-electron chi connectivity index (χ4n) is 2.04. The lowest BCUT2D eigenvalue weighted by molar-refractivity contribution is 0.601. The molecule has 1 unspecified atom stereocenters. The molecule has 0 saturated heterocycles. The summed E-state index contributed by atoms with van der Waals surface area (Å²) in [5.41, 5.74) is 2.60. The molecule has 2 aromatic rings. The number of nitrogens with zero attached hydrogens (tertiary/aromatic N) is 1. The summed E-state index contributed by atoms with van der Waals surface area (Å²) in [4.78, 5) is 5.57. The SMILES string of the molecule is CCNC(CSc1ccccc1)c1cnccc1C. The van der Waals surface area contributed by atoms with Crippen LogP contribution in [0.3, 0.4) is 0 Å². The summed E-state index contributed by atoms with van der Waals surface area (Å²) in [6.45, 7) is 5.26. The minimum atomic E-state index is 0.351. The van der Waals surface area contributed by atoms with Crippen LogP contribution < -0.4 is 5.32 Å². The Kier molecular flexibility index (Phi) is 5.43. The fourth-order valence-corrected chi connectivity index (χ4v) is 3.05. The minimum Gasteiger partial charge on any atom is -0.309 e. The van der Waals surface area contributed by atoms with Gasteiger partial charge in [0.05, 0.1) is 0 Å². The van der Waals surface area contributed by atoms with Gasteiger partial charge in [-0.1, -0.05) is 25.1 Å². The van der Waals surface area contributed by atoms with E-state index in [0.29, 0.717) is 6.04 Å². The molecule has 0 fully saturated rings. The number of nitrogens with one attached hydrogen (secondary N) is 1. The molecule has 19 heavy (non-hydrogen) atoms. The van der Waals surface area contributed by atoms with Crippen molar-refractivity contribution in [1.29, 1.82) is 0 Å². The smallest absolute Gasteiger partial charge is 0.0433 e. The zero-order valence-corrected chi connectivity index (χ0v) is 12.3. The predicted octanol–water partition coefficient (Wildman–Crippen LogP) is 3.83. The highest BCUT2D eigenvalue weighted by molar-refractivity contribution is 7.99. The average Bonchev–Trinajstić information content (AvgIpc) is 2.45. The number of benzene rings is 1. The Morgan fingerprint density at radius 3 is 2.68 bits per heavy atom. The summed E-state index contributed by atoms with van der Waals surface area (Å²) in [6, 6.07) is 13.0. The van der Waals surface area contributed by atoms with Crippen LogP contribution in [0.1, 0.15) is 24.1 Å². The monoisotopic (exact) mass is 272 g/mol. The third-order valence-electron chi connectivity index (χ3n) is 3.07. The number of aromatic nitrogens is 1. The molecular weight excluding hydrogens is 252 g/mol. The van der Waals surface area contributed by atoms with Crippen molar-refractivity contribution in [3.8, 4) is 0 Å². The fraction of sp³-hybridized carbons (Fsp3) is 0.312. The van der Waals surface area contributed by atoms with Crippen LogP contribution in [0.25, 0.3) is 0 Å². The number of hydrogen-bond donors (Lipinski definition) is 1. The van der Waals surface area contributed by atoms with Crippen molar-refractivity contribution in [1.82, 2.24) is 10.3 Å². The zero-order chi connectivity index (χ0) is 13.5. The Morgan fingerprint density at radius 2 is 2.00 bits per heavy atom. The van der Waals surface area contributed by atoms with E-state index in [9.17, 15) is 0 Å². The molecule has 0 saturated carbocycles. The lowest BCUT2D eigenvalue weighted by Gasteiger charge is -2.19. The van der Waals surface area contributed by atoms with E-state index >= 15 is 0 Å². The second-order valence-electron chi connectivity index (χ2n) is 4.47. The highest BCUT2D eigenvalue weighted by Crippen LogP contribution is 2.25. The summed E-state index contributed by atoms with van der Waals surface area (Å²) < 4.78 is 0. The van der Waals surface area contributed by atoms with Gasteiger partial charge in [0, 0.05) is 29.1 Å². The molecule has 0 bridgehead atoms. The van der Waals surface area contributed by atoms with Crippen molar-refractivity contribution in [3.05, 3.63) is 59.9 Å². The molecule has 2 rings (SSSR count). The molecule has 1 aromatic carbocycles. The number of aryl methyl sites for hydroxylation is 1. The molecule has 3 heteroatoms. The Bertz CT molecular complexity index is 499. The van der Waals surface area contributed by atoms with E-state index in [1.165, 1.54) is 16.0 Å². The molecule has 1 aromatic heterocycles. The first-order valence-corrected chi connectivity index (χ1v) is 7.61. The molecule has 0 aliphatic heterocycles. The van der Waals surface area contributed by atoms with Crippen molar-refractivity contribution in [2.24, 2.45) is 0 Å². The molecule has 1 heterocycles. The van der Waals surface area contributed by atoms with Gasteiger partial charge < -0.3 is 5.32 Å². The van der Waals surface area contributed by atoms with Gasteiger partial charge in [-0.15, -0.1) is 11.8 Å². The first-order valence-electron chi connectivity index (χ1n) is 6.63. The van der Waals surface area contributed by atoms with E-state index in [-0.39, 0.29) is 0 Å². The van der Waals surface area contributed by atoms with Crippen molar-refractivity contribution in [2.45, 2.75) is 24.8 Å². The maximum absolute atomic E-state index is 4.25. The molecule has 0 radical (unpaired) electrons. The standard InChI is InChI=1S/C16H20N2S/c1-3-18-16(15-11-17-10-9-13(15)2)12-19-14-7-5-4-6-8-14/h4-11,16,18H,3,12H2,1-2H3. The highest BCUT2D eigenvalue weighted by atomic mass is 32.2. The Balaban J connectivity index is 2.07. The Morgan fingerprint density at radius 1 is 1.21 bits per heavy atom. The number of thioether (sulfide) groups is 1. The lowest BCUT2D eigenvalue weighted by atomic mass is 10.1. The maximum atomic E-state index is 4.25. The molecular formula is C16H20N2S. The van der Waals surface area contributed by atoms with Crippen LogP contribution >= 0.6 is 11.8 Å². The third kappa shape index (κ3) is 4.08. The molecule has 0 amide bonds. The normalized spacial score (nSPS) is 12.3. The Hall–Kier alpha value is -1.32. The molecule has 100 valence electrons. The first kappa shape index (κ1) is 14.1. The summed E-state index contributed by atoms with van der Waals surface area (Å²) in [5, 5.41) is 3.55.